The number of fused-ring (bicyclic) bond motifs is 1. The number of aromatic nitrogens is 4. The molecule has 0 spiro atoms. The minimum Gasteiger partial charge on any atom is -0.383 e. The highest BCUT2D eigenvalue weighted by Gasteiger charge is 2.39. The molecule has 0 radical (unpaired) electrons. The van der Waals surface area contributed by atoms with Crippen molar-refractivity contribution in [1.29, 1.82) is 0 Å². The minimum atomic E-state index is -0.839. The Balaban J connectivity index is 1.55. The fourth-order valence-electron chi connectivity index (χ4n) is 4.59. The van der Waals surface area contributed by atoms with Crippen LogP contribution in [0.15, 0.2) is 36.5 Å². The third-order valence-electron chi connectivity index (χ3n) is 6.17. The molecule has 3 aromatic rings. The van der Waals surface area contributed by atoms with Crippen molar-refractivity contribution < 1.29 is 5.11 Å². The standard InChI is InChI=1S/C21H25N5O/c1-25-19-17(13-22-25)20(24-18(23-19)15-7-5-6-8-15)26-12-11-21(27,14-26)16-9-3-2-4-10-16/h2-4,9-10,13,15,27H,5-8,11-12,14H2,1H3/t21-/m0/s1. The van der Waals surface area contributed by atoms with E-state index in [2.05, 4.69) is 10.00 Å². The zero-order valence-corrected chi connectivity index (χ0v) is 15.7. The summed E-state index contributed by atoms with van der Waals surface area (Å²) in [6.45, 7) is 1.32. The number of rotatable bonds is 3. The molecule has 1 saturated carbocycles. The van der Waals surface area contributed by atoms with Crippen LogP contribution >= 0.6 is 0 Å². The molecule has 27 heavy (non-hydrogen) atoms. The van der Waals surface area contributed by atoms with E-state index in [1.807, 2.05) is 48.3 Å². The fourth-order valence-corrected chi connectivity index (χ4v) is 4.59. The van der Waals surface area contributed by atoms with E-state index in [-0.39, 0.29) is 0 Å². The maximum absolute atomic E-state index is 11.2. The highest BCUT2D eigenvalue weighted by Crippen LogP contribution is 2.38. The number of benzene rings is 1. The fraction of sp³-hybridized carbons (Fsp3) is 0.476. The van der Waals surface area contributed by atoms with Crippen LogP contribution in [-0.2, 0) is 12.6 Å². The molecule has 0 bridgehead atoms. The lowest BCUT2D eigenvalue weighted by molar-refractivity contribution is 0.0606. The van der Waals surface area contributed by atoms with Crippen molar-refractivity contribution in [2.24, 2.45) is 7.05 Å². The van der Waals surface area contributed by atoms with Crippen LogP contribution in [0.1, 0.15) is 49.4 Å². The lowest BCUT2D eigenvalue weighted by Gasteiger charge is -2.25. The second kappa shape index (κ2) is 6.30. The Morgan fingerprint density at radius 3 is 2.67 bits per heavy atom. The SMILES string of the molecule is Cn1ncc2c(N3CC[C@@](O)(c4ccccc4)C3)nc(C3CCCC3)nc21. The van der Waals surface area contributed by atoms with Crippen molar-refractivity contribution in [1.82, 2.24) is 19.7 Å². The summed E-state index contributed by atoms with van der Waals surface area (Å²) >= 11 is 0. The molecule has 5 rings (SSSR count). The van der Waals surface area contributed by atoms with Gasteiger partial charge < -0.3 is 10.0 Å². The van der Waals surface area contributed by atoms with Crippen LogP contribution in [0.25, 0.3) is 11.0 Å². The van der Waals surface area contributed by atoms with Gasteiger partial charge in [-0.3, -0.25) is 4.68 Å². The number of nitrogens with zero attached hydrogens (tertiary/aromatic N) is 5. The first-order valence-electron chi connectivity index (χ1n) is 9.86. The number of aryl methyl sites for hydroxylation is 1. The Morgan fingerprint density at radius 2 is 1.89 bits per heavy atom. The topological polar surface area (TPSA) is 67.1 Å². The van der Waals surface area contributed by atoms with Gasteiger partial charge in [0.25, 0.3) is 0 Å². The molecule has 1 aliphatic heterocycles. The molecule has 2 fully saturated rings. The summed E-state index contributed by atoms with van der Waals surface area (Å²) in [6.07, 6.45) is 7.38. The number of aliphatic hydroxyl groups is 1. The van der Waals surface area contributed by atoms with Gasteiger partial charge in [0.15, 0.2) is 5.65 Å². The molecule has 3 heterocycles. The molecule has 1 aliphatic carbocycles. The summed E-state index contributed by atoms with van der Waals surface area (Å²) < 4.78 is 1.83. The molecular weight excluding hydrogens is 338 g/mol. The molecule has 6 heteroatoms. The number of hydrogen-bond donors (Lipinski definition) is 1. The Hall–Kier alpha value is -2.47. The highest BCUT2D eigenvalue weighted by atomic mass is 16.3. The van der Waals surface area contributed by atoms with E-state index in [0.717, 1.165) is 47.6 Å². The van der Waals surface area contributed by atoms with Crippen LogP contribution in [0.3, 0.4) is 0 Å². The van der Waals surface area contributed by atoms with E-state index in [1.54, 1.807) is 0 Å². The summed E-state index contributed by atoms with van der Waals surface area (Å²) in [4.78, 5) is 12.0. The predicted molar refractivity (Wildman–Crippen MR) is 105 cm³/mol. The van der Waals surface area contributed by atoms with Crippen molar-refractivity contribution in [2.75, 3.05) is 18.0 Å². The Labute approximate surface area is 158 Å². The van der Waals surface area contributed by atoms with Crippen LogP contribution in [0, 0.1) is 0 Å². The summed E-state index contributed by atoms with van der Waals surface area (Å²) in [5.41, 5.74) is 1.02. The number of hydrogen-bond acceptors (Lipinski definition) is 5. The van der Waals surface area contributed by atoms with Gasteiger partial charge in [0.1, 0.15) is 17.2 Å². The Kier molecular flexibility index (Phi) is 3.90. The monoisotopic (exact) mass is 363 g/mol. The van der Waals surface area contributed by atoms with Crippen LogP contribution in [0.2, 0.25) is 0 Å². The molecule has 6 nitrogen and oxygen atoms in total. The van der Waals surface area contributed by atoms with E-state index in [1.165, 1.54) is 12.8 Å². The van der Waals surface area contributed by atoms with Gasteiger partial charge in [-0.25, -0.2) is 9.97 Å². The summed E-state index contributed by atoms with van der Waals surface area (Å²) in [6, 6.07) is 9.97. The van der Waals surface area contributed by atoms with E-state index in [4.69, 9.17) is 9.97 Å². The molecule has 0 unspecified atom stereocenters. The average molecular weight is 363 g/mol. The Morgan fingerprint density at radius 1 is 1.11 bits per heavy atom. The van der Waals surface area contributed by atoms with Crippen molar-refractivity contribution >= 4 is 16.9 Å². The Bertz CT molecular complexity index is 963. The third-order valence-corrected chi connectivity index (χ3v) is 6.17. The van der Waals surface area contributed by atoms with Crippen LogP contribution in [-0.4, -0.2) is 37.9 Å². The number of anilines is 1. The van der Waals surface area contributed by atoms with Gasteiger partial charge in [-0.2, -0.15) is 5.10 Å². The van der Waals surface area contributed by atoms with Gasteiger partial charge in [-0.15, -0.1) is 0 Å². The van der Waals surface area contributed by atoms with Crippen molar-refractivity contribution in [2.45, 2.75) is 43.6 Å². The zero-order chi connectivity index (χ0) is 18.4. The first kappa shape index (κ1) is 16.7. The smallest absolute Gasteiger partial charge is 0.163 e. The largest absolute Gasteiger partial charge is 0.383 e. The lowest BCUT2D eigenvalue weighted by Crippen LogP contribution is -2.31. The van der Waals surface area contributed by atoms with E-state index >= 15 is 0 Å². The molecule has 1 aromatic carbocycles. The molecule has 1 atom stereocenters. The van der Waals surface area contributed by atoms with Crippen molar-refractivity contribution in [3.8, 4) is 0 Å². The molecule has 2 aliphatic rings. The van der Waals surface area contributed by atoms with E-state index in [9.17, 15) is 5.11 Å². The maximum atomic E-state index is 11.2. The van der Waals surface area contributed by atoms with Gasteiger partial charge in [0.05, 0.1) is 18.1 Å². The van der Waals surface area contributed by atoms with Gasteiger partial charge in [0, 0.05) is 19.5 Å². The van der Waals surface area contributed by atoms with Crippen molar-refractivity contribution in [3.63, 3.8) is 0 Å². The molecule has 2 aromatic heterocycles. The summed E-state index contributed by atoms with van der Waals surface area (Å²) in [5.74, 6) is 2.30. The average Bonchev–Trinajstić information content (AvgIpc) is 3.43. The van der Waals surface area contributed by atoms with Gasteiger partial charge in [-0.1, -0.05) is 43.2 Å². The minimum absolute atomic E-state index is 0.443. The van der Waals surface area contributed by atoms with Crippen molar-refractivity contribution in [3.05, 3.63) is 47.9 Å². The summed E-state index contributed by atoms with van der Waals surface area (Å²) in [7, 11) is 1.93. The first-order valence-corrected chi connectivity index (χ1v) is 9.86. The predicted octanol–water partition coefficient (Wildman–Crippen LogP) is 3.12. The normalized spacial score (nSPS) is 23.6. The molecule has 0 amide bonds. The van der Waals surface area contributed by atoms with Gasteiger partial charge >= 0.3 is 0 Å². The quantitative estimate of drug-likeness (QED) is 0.774. The number of β-amino-alcohol motifs (C(OH)–C–C–N with tert-alkyl or cyclic N) is 1. The summed E-state index contributed by atoms with van der Waals surface area (Å²) in [5, 5.41) is 16.6. The molecule has 1 saturated heterocycles. The highest BCUT2D eigenvalue weighted by molar-refractivity contribution is 5.87. The molecule has 1 N–H and O–H groups in total. The lowest BCUT2D eigenvalue weighted by atomic mass is 9.93. The zero-order valence-electron chi connectivity index (χ0n) is 15.7. The van der Waals surface area contributed by atoms with E-state index < -0.39 is 5.60 Å². The van der Waals surface area contributed by atoms with Gasteiger partial charge in [-0.05, 0) is 24.8 Å². The van der Waals surface area contributed by atoms with Crippen LogP contribution in [0.5, 0.6) is 0 Å². The van der Waals surface area contributed by atoms with Gasteiger partial charge in [0.2, 0.25) is 0 Å². The van der Waals surface area contributed by atoms with Crippen LogP contribution < -0.4 is 4.90 Å². The second-order valence-corrected chi connectivity index (χ2v) is 7.96. The third kappa shape index (κ3) is 2.79. The second-order valence-electron chi connectivity index (χ2n) is 7.96. The molecular formula is C21H25N5O. The maximum Gasteiger partial charge on any atom is 0.163 e. The van der Waals surface area contributed by atoms with Crippen LogP contribution in [0.4, 0.5) is 5.82 Å². The first-order chi connectivity index (χ1) is 13.1. The molecule has 140 valence electrons. The van der Waals surface area contributed by atoms with E-state index in [0.29, 0.717) is 18.9 Å².